The third-order valence-electron chi connectivity index (χ3n) is 3.04. The van der Waals surface area contributed by atoms with E-state index in [0.29, 0.717) is 10.7 Å². The SMILES string of the molecule is CC(C)C(Br)CCc1c(Br)cnn1CCN(C)C. The van der Waals surface area contributed by atoms with Gasteiger partial charge in [0, 0.05) is 11.4 Å². The summed E-state index contributed by atoms with van der Waals surface area (Å²) in [6.07, 6.45) is 4.11. The van der Waals surface area contributed by atoms with Crippen molar-refractivity contribution in [1.29, 1.82) is 0 Å². The molecule has 0 aliphatic carbocycles. The van der Waals surface area contributed by atoms with E-state index in [-0.39, 0.29) is 0 Å². The van der Waals surface area contributed by atoms with Crippen LogP contribution in [0.2, 0.25) is 0 Å². The molecule has 1 atom stereocenters. The Bertz CT molecular complexity index is 361. The Hall–Kier alpha value is 0.130. The second kappa shape index (κ2) is 7.65. The number of likely N-dealkylation sites (N-methyl/N-ethyl adjacent to an activating group) is 1. The van der Waals surface area contributed by atoms with Crippen LogP contribution < -0.4 is 0 Å². The molecular formula is C13H23Br2N3. The van der Waals surface area contributed by atoms with Gasteiger partial charge >= 0.3 is 0 Å². The van der Waals surface area contributed by atoms with Crippen LogP contribution in [0.3, 0.4) is 0 Å². The minimum absolute atomic E-state index is 0.571. The Kier molecular flexibility index (Phi) is 6.88. The van der Waals surface area contributed by atoms with Crippen molar-refractivity contribution in [2.24, 2.45) is 5.92 Å². The lowest BCUT2D eigenvalue weighted by Crippen LogP contribution is -2.20. The number of hydrogen-bond acceptors (Lipinski definition) is 2. The molecule has 0 bridgehead atoms. The maximum Gasteiger partial charge on any atom is 0.0635 e. The van der Waals surface area contributed by atoms with E-state index in [9.17, 15) is 0 Å². The molecule has 0 aliphatic heterocycles. The van der Waals surface area contributed by atoms with Gasteiger partial charge in [0.1, 0.15) is 0 Å². The summed E-state index contributed by atoms with van der Waals surface area (Å²) in [5.41, 5.74) is 1.31. The molecule has 0 aromatic carbocycles. The predicted octanol–water partition coefficient (Wildman–Crippen LogP) is 3.56. The van der Waals surface area contributed by atoms with E-state index in [1.54, 1.807) is 0 Å². The second-order valence-corrected chi connectivity index (χ2v) is 7.29. The molecule has 3 nitrogen and oxygen atoms in total. The summed E-state index contributed by atoms with van der Waals surface area (Å²) < 4.78 is 3.24. The van der Waals surface area contributed by atoms with Crippen LogP contribution in [0, 0.1) is 5.92 Å². The molecule has 0 fully saturated rings. The van der Waals surface area contributed by atoms with E-state index < -0.39 is 0 Å². The van der Waals surface area contributed by atoms with E-state index in [1.807, 2.05) is 6.20 Å². The molecule has 5 heteroatoms. The fourth-order valence-corrected chi connectivity index (χ4v) is 2.46. The summed E-state index contributed by atoms with van der Waals surface area (Å²) in [4.78, 5) is 2.75. The highest BCUT2D eigenvalue weighted by Gasteiger charge is 2.13. The highest BCUT2D eigenvalue weighted by Crippen LogP contribution is 2.22. The number of aromatic nitrogens is 2. The Labute approximate surface area is 127 Å². The van der Waals surface area contributed by atoms with Crippen LogP contribution in [-0.4, -0.2) is 40.1 Å². The zero-order chi connectivity index (χ0) is 13.7. The normalized spacial score (nSPS) is 13.6. The molecule has 1 unspecified atom stereocenters. The molecule has 1 aromatic rings. The number of rotatable bonds is 7. The van der Waals surface area contributed by atoms with Crippen molar-refractivity contribution >= 4 is 31.9 Å². The standard InChI is InChI=1S/C13H23Br2N3/c1-10(2)11(14)5-6-13-12(15)9-16-18(13)8-7-17(3)4/h9-11H,5-8H2,1-4H3. The lowest BCUT2D eigenvalue weighted by Gasteiger charge is -2.15. The van der Waals surface area contributed by atoms with Gasteiger partial charge in [0.25, 0.3) is 0 Å². The first-order valence-corrected chi connectivity index (χ1v) is 8.11. The van der Waals surface area contributed by atoms with Gasteiger partial charge in [-0.3, -0.25) is 4.68 Å². The van der Waals surface area contributed by atoms with E-state index in [1.165, 1.54) is 5.69 Å². The highest BCUT2D eigenvalue weighted by atomic mass is 79.9. The van der Waals surface area contributed by atoms with E-state index in [2.05, 4.69) is 74.5 Å². The topological polar surface area (TPSA) is 21.1 Å². The molecule has 0 aliphatic rings. The summed E-state index contributed by atoms with van der Waals surface area (Å²) in [5.74, 6) is 0.668. The van der Waals surface area contributed by atoms with Crippen molar-refractivity contribution < 1.29 is 0 Å². The van der Waals surface area contributed by atoms with E-state index in [4.69, 9.17) is 0 Å². The van der Waals surface area contributed by atoms with Gasteiger partial charge in [-0.1, -0.05) is 29.8 Å². The molecule has 0 saturated heterocycles. The lowest BCUT2D eigenvalue weighted by molar-refractivity contribution is 0.368. The Morgan fingerprint density at radius 3 is 2.61 bits per heavy atom. The summed E-state index contributed by atoms with van der Waals surface area (Å²) in [7, 11) is 4.18. The number of hydrogen-bond donors (Lipinski definition) is 0. The average Bonchev–Trinajstić information content (AvgIpc) is 2.64. The van der Waals surface area contributed by atoms with Crippen molar-refractivity contribution in [1.82, 2.24) is 14.7 Å². The maximum absolute atomic E-state index is 4.44. The third kappa shape index (κ3) is 5.02. The third-order valence-corrected chi connectivity index (χ3v) is 5.21. The van der Waals surface area contributed by atoms with Crippen LogP contribution >= 0.6 is 31.9 Å². The van der Waals surface area contributed by atoms with Gasteiger partial charge in [0.05, 0.1) is 22.9 Å². The Morgan fingerprint density at radius 1 is 1.39 bits per heavy atom. The quantitative estimate of drug-likeness (QED) is 0.674. The minimum Gasteiger partial charge on any atom is -0.308 e. The molecule has 0 N–H and O–H groups in total. The molecule has 18 heavy (non-hydrogen) atoms. The summed E-state index contributed by atoms with van der Waals surface area (Å²) in [6.45, 7) is 6.46. The van der Waals surface area contributed by atoms with Gasteiger partial charge < -0.3 is 4.90 Å². The molecule has 1 heterocycles. The second-order valence-electron chi connectivity index (χ2n) is 5.26. The Balaban J connectivity index is 2.60. The molecule has 104 valence electrons. The van der Waals surface area contributed by atoms with Crippen molar-refractivity contribution in [2.75, 3.05) is 20.6 Å². The van der Waals surface area contributed by atoms with Crippen LogP contribution in [0.1, 0.15) is 26.0 Å². The Morgan fingerprint density at radius 2 is 2.06 bits per heavy atom. The predicted molar refractivity (Wildman–Crippen MR) is 84.4 cm³/mol. The highest BCUT2D eigenvalue weighted by molar-refractivity contribution is 9.10. The summed E-state index contributed by atoms with van der Waals surface area (Å²) in [6, 6.07) is 0. The minimum atomic E-state index is 0.571. The first kappa shape index (κ1) is 16.2. The zero-order valence-corrected chi connectivity index (χ0v) is 14.8. The van der Waals surface area contributed by atoms with Crippen LogP contribution in [0.5, 0.6) is 0 Å². The maximum atomic E-state index is 4.44. The van der Waals surface area contributed by atoms with Gasteiger partial charge in [-0.15, -0.1) is 0 Å². The van der Waals surface area contributed by atoms with Crippen LogP contribution in [0.4, 0.5) is 0 Å². The van der Waals surface area contributed by atoms with Gasteiger partial charge in [0.15, 0.2) is 0 Å². The first-order chi connectivity index (χ1) is 8.41. The summed E-state index contributed by atoms with van der Waals surface area (Å²) in [5, 5.41) is 4.44. The molecule has 1 rings (SSSR count). The van der Waals surface area contributed by atoms with Gasteiger partial charge in [-0.2, -0.15) is 5.10 Å². The number of halogens is 2. The smallest absolute Gasteiger partial charge is 0.0635 e. The van der Waals surface area contributed by atoms with Crippen LogP contribution in [0.25, 0.3) is 0 Å². The first-order valence-electron chi connectivity index (χ1n) is 6.40. The molecule has 1 aromatic heterocycles. The molecule has 0 amide bonds. The fourth-order valence-electron chi connectivity index (χ4n) is 1.73. The molecule has 0 spiro atoms. The largest absolute Gasteiger partial charge is 0.308 e. The molecular weight excluding hydrogens is 358 g/mol. The van der Waals surface area contributed by atoms with Gasteiger partial charge in [0.2, 0.25) is 0 Å². The van der Waals surface area contributed by atoms with E-state index in [0.717, 1.165) is 30.4 Å². The van der Waals surface area contributed by atoms with Crippen molar-refractivity contribution in [3.8, 4) is 0 Å². The number of nitrogens with zero attached hydrogens (tertiary/aromatic N) is 3. The monoisotopic (exact) mass is 379 g/mol. The average molecular weight is 381 g/mol. The van der Waals surface area contributed by atoms with Gasteiger partial charge in [-0.25, -0.2) is 0 Å². The lowest BCUT2D eigenvalue weighted by atomic mass is 10.1. The molecule has 0 saturated carbocycles. The van der Waals surface area contributed by atoms with Crippen molar-refractivity contribution in [2.45, 2.75) is 38.1 Å². The summed E-state index contributed by atoms with van der Waals surface area (Å²) >= 11 is 7.35. The molecule has 0 radical (unpaired) electrons. The van der Waals surface area contributed by atoms with Crippen LogP contribution in [-0.2, 0) is 13.0 Å². The van der Waals surface area contributed by atoms with Crippen LogP contribution in [0.15, 0.2) is 10.7 Å². The zero-order valence-electron chi connectivity index (χ0n) is 11.7. The number of alkyl halides is 1. The van der Waals surface area contributed by atoms with Crippen molar-refractivity contribution in [3.63, 3.8) is 0 Å². The van der Waals surface area contributed by atoms with E-state index >= 15 is 0 Å². The van der Waals surface area contributed by atoms with Crippen molar-refractivity contribution in [3.05, 3.63) is 16.4 Å². The fraction of sp³-hybridized carbons (Fsp3) is 0.769. The van der Waals surface area contributed by atoms with Gasteiger partial charge in [-0.05, 0) is 48.8 Å².